The van der Waals surface area contributed by atoms with Crippen LogP contribution in [0.4, 0.5) is 10.1 Å². The fraction of sp³-hybridized carbons (Fsp3) is 0.647. The van der Waals surface area contributed by atoms with Gasteiger partial charge in [0.2, 0.25) is 0 Å². The van der Waals surface area contributed by atoms with Gasteiger partial charge in [-0.25, -0.2) is 4.39 Å². The van der Waals surface area contributed by atoms with Gasteiger partial charge in [-0.1, -0.05) is 25.3 Å². The van der Waals surface area contributed by atoms with Crippen molar-refractivity contribution in [3.05, 3.63) is 29.1 Å². The third-order valence-corrected chi connectivity index (χ3v) is 5.42. The molecule has 20 heavy (non-hydrogen) atoms. The first-order chi connectivity index (χ1) is 9.84. The molecule has 0 aromatic heterocycles. The summed E-state index contributed by atoms with van der Waals surface area (Å²) < 4.78 is 14.6. The van der Waals surface area contributed by atoms with E-state index in [-0.39, 0.29) is 5.82 Å². The maximum absolute atomic E-state index is 14.6. The number of fused-ring (bicyclic) bond motifs is 2. The number of nitrogens with one attached hydrogen (secondary N) is 1. The molecule has 3 aliphatic rings. The second-order valence-electron chi connectivity index (χ2n) is 6.60. The molecule has 1 fully saturated rings. The summed E-state index contributed by atoms with van der Waals surface area (Å²) in [6.45, 7) is 4.05. The third-order valence-electron chi connectivity index (χ3n) is 5.42. The summed E-state index contributed by atoms with van der Waals surface area (Å²) in [6.07, 6.45) is 6.37. The first kappa shape index (κ1) is 12.6. The smallest absolute Gasteiger partial charge is 0.128 e. The summed E-state index contributed by atoms with van der Waals surface area (Å²) in [5, 5.41) is 3.47. The van der Waals surface area contributed by atoms with Crippen LogP contribution in [0.2, 0.25) is 0 Å². The van der Waals surface area contributed by atoms with Crippen LogP contribution in [0.25, 0.3) is 0 Å². The van der Waals surface area contributed by atoms with Crippen molar-refractivity contribution >= 4 is 5.69 Å². The van der Waals surface area contributed by atoms with Crippen molar-refractivity contribution in [1.82, 2.24) is 5.32 Å². The van der Waals surface area contributed by atoms with Crippen LogP contribution in [-0.2, 0) is 6.54 Å². The Morgan fingerprint density at radius 2 is 2.05 bits per heavy atom. The van der Waals surface area contributed by atoms with E-state index in [1.54, 1.807) is 6.07 Å². The molecule has 2 nitrogen and oxygen atoms in total. The van der Waals surface area contributed by atoms with E-state index in [9.17, 15) is 4.39 Å². The van der Waals surface area contributed by atoms with E-state index >= 15 is 0 Å². The Morgan fingerprint density at radius 1 is 1.15 bits per heavy atom. The van der Waals surface area contributed by atoms with Crippen molar-refractivity contribution in [2.45, 2.75) is 44.6 Å². The minimum Gasteiger partial charge on any atom is -0.369 e. The SMILES string of the molecule is Fc1ccc2c3c1C1CCCCCC1CN3CCNC2. The minimum atomic E-state index is 0.0345. The molecule has 1 N–H and O–H groups in total. The molecule has 108 valence electrons. The molecule has 2 atom stereocenters. The highest BCUT2D eigenvalue weighted by molar-refractivity contribution is 5.64. The topological polar surface area (TPSA) is 15.3 Å². The normalized spacial score (nSPS) is 29.1. The lowest BCUT2D eigenvalue weighted by Crippen LogP contribution is -2.40. The zero-order chi connectivity index (χ0) is 13.5. The largest absolute Gasteiger partial charge is 0.369 e. The number of anilines is 1. The van der Waals surface area contributed by atoms with Gasteiger partial charge in [0.15, 0.2) is 0 Å². The van der Waals surface area contributed by atoms with Crippen LogP contribution in [0, 0.1) is 11.7 Å². The quantitative estimate of drug-likeness (QED) is 0.780. The molecule has 2 heterocycles. The van der Waals surface area contributed by atoms with Crippen LogP contribution in [0.15, 0.2) is 12.1 Å². The minimum absolute atomic E-state index is 0.0345. The first-order valence-electron chi connectivity index (χ1n) is 8.11. The summed E-state index contributed by atoms with van der Waals surface area (Å²) in [4.78, 5) is 2.46. The number of hydrogen-bond acceptors (Lipinski definition) is 2. The van der Waals surface area contributed by atoms with Crippen LogP contribution in [0.1, 0.15) is 49.1 Å². The highest BCUT2D eigenvalue weighted by Gasteiger charge is 2.37. The maximum atomic E-state index is 14.6. The molecular weight excluding hydrogens is 251 g/mol. The molecule has 1 aromatic carbocycles. The second kappa shape index (κ2) is 5.03. The average Bonchev–Trinajstić information content (AvgIpc) is 2.80. The van der Waals surface area contributed by atoms with E-state index in [1.165, 1.54) is 43.4 Å². The lowest BCUT2D eigenvalue weighted by molar-refractivity contribution is 0.368. The van der Waals surface area contributed by atoms with Gasteiger partial charge in [-0.3, -0.25) is 0 Å². The summed E-state index contributed by atoms with van der Waals surface area (Å²) in [5.41, 5.74) is 3.57. The Labute approximate surface area is 120 Å². The van der Waals surface area contributed by atoms with Crippen molar-refractivity contribution in [2.24, 2.45) is 5.92 Å². The Balaban J connectivity index is 1.86. The zero-order valence-electron chi connectivity index (χ0n) is 12.0. The van der Waals surface area contributed by atoms with E-state index in [1.807, 2.05) is 6.07 Å². The van der Waals surface area contributed by atoms with E-state index in [2.05, 4.69) is 10.2 Å². The second-order valence-corrected chi connectivity index (χ2v) is 6.60. The van der Waals surface area contributed by atoms with Crippen molar-refractivity contribution in [1.29, 1.82) is 0 Å². The van der Waals surface area contributed by atoms with Crippen molar-refractivity contribution in [3.63, 3.8) is 0 Å². The van der Waals surface area contributed by atoms with E-state index in [0.29, 0.717) is 11.8 Å². The predicted octanol–water partition coefficient (Wildman–Crippen LogP) is 3.41. The average molecular weight is 274 g/mol. The molecule has 1 aliphatic carbocycles. The van der Waals surface area contributed by atoms with E-state index in [4.69, 9.17) is 0 Å². The number of hydrogen-bond donors (Lipinski definition) is 1. The molecule has 0 amide bonds. The molecule has 0 bridgehead atoms. The Hall–Kier alpha value is -1.09. The molecule has 2 aliphatic heterocycles. The number of benzene rings is 1. The van der Waals surface area contributed by atoms with Crippen LogP contribution < -0.4 is 10.2 Å². The highest BCUT2D eigenvalue weighted by Crippen LogP contribution is 2.47. The lowest BCUT2D eigenvalue weighted by atomic mass is 9.77. The van der Waals surface area contributed by atoms with Gasteiger partial charge in [0, 0.05) is 37.4 Å². The lowest BCUT2D eigenvalue weighted by Gasteiger charge is -2.41. The van der Waals surface area contributed by atoms with Gasteiger partial charge >= 0.3 is 0 Å². The van der Waals surface area contributed by atoms with Gasteiger partial charge in [-0.15, -0.1) is 0 Å². The van der Waals surface area contributed by atoms with E-state index in [0.717, 1.165) is 31.7 Å². The van der Waals surface area contributed by atoms with Crippen molar-refractivity contribution in [2.75, 3.05) is 24.5 Å². The molecule has 3 heteroatoms. The van der Waals surface area contributed by atoms with Gasteiger partial charge in [0.05, 0.1) is 0 Å². The molecule has 0 spiro atoms. The van der Waals surface area contributed by atoms with Gasteiger partial charge in [0.1, 0.15) is 5.82 Å². The molecule has 0 radical (unpaired) electrons. The standard InChI is InChI=1S/C17H23FN2/c18-15-7-6-12-10-19-8-9-20-11-13-4-2-1-3-5-14(13)16(15)17(12)20/h6-7,13-14,19H,1-5,8-11H2. The van der Waals surface area contributed by atoms with Crippen LogP contribution in [0.5, 0.6) is 0 Å². The highest BCUT2D eigenvalue weighted by atomic mass is 19.1. The number of rotatable bonds is 0. The molecule has 1 aromatic rings. The van der Waals surface area contributed by atoms with E-state index < -0.39 is 0 Å². The van der Waals surface area contributed by atoms with Crippen molar-refractivity contribution in [3.8, 4) is 0 Å². The molecular formula is C17H23FN2. The molecule has 0 saturated heterocycles. The summed E-state index contributed by atoms with van der Waals surface area (Å²) in [6, 6.07) is 3.68. The zero-order valence-corrected chi connectivity index (χ0v) is 12.0. The fourth-order valence-corrected chi connectivity index (χ4v) is 4.49. The number of nitrogens with zero attached hydrogens (tertiary/aromatic N) is 1. The molecule has 1 saturated carbocycles. The third kappa shape index (κ3) is 1.95. The maximum Gasteiger partial charge on any atom is 0.128 e. The van der Waals surface area contributed by atoms with Gasteiger partial charge in [-0.05, 0) is 36.3 Å². The van der Waals surface area contributed by atoms with Gasteiger partial charge in [0.25, 0.3) is 0 Å². The molecule has 2 unspecified atom stereocenters. The number of halogens is 1. The summed E-state index contributed by atoms with van der Waals surface area (Å²) in [5.74, 6) is 1.15. The summed E-state index contributed by atoms with van der Waals surface area (Å²) in [7, 11) is 0. The summed E-state index contributed by atoms with van der Waals surface area (Å²) >= 11 is 0. The Kier molecular flexibility index (Phi) is 3.18. The van der Waals surface area contributed by atoms with Gasteiger partial charge < -0.3 is 10.2 Å². The monoisotopic (exact) mass is 274 g/mol. The van der Waals surface area contributed by atoms with Crippen LogP contribution >= 0.6 is 0 Å². The Bertz CT molecular complexity index is 514. The fourth-order valence-electron chi connectivity index (χ4n) is 4.49. The predicted molar refractivity (Wildman–Crippen MR) is 79.6 cm³/mol. The van der Waals surface area contributed by atoms with Crippen LogP contribution in [-0.4, -0.2) is 19.6 Å². The van der Waals surface area contributed by atoms with Crippen LogP contribution in [0.3, 0.4) is 0 Å². The Morgan fingerprint density at radius 3 is 3.00 bits per heavy atom. The molecule has 4 rings (SSSR count). The van der Waals surface area contributed by atoms with Crippen molar-refractivity contribution < 1.29 is 4.39 Å². The first-order valence-corrected chi connectivity index (χ1v) is 8.11. The van der Waals surface area contributed by atoms with Gasteiger partial charge in [-0.2, -0.15) is 0 Å².